The first-order chi connectivity index (χ1) is 15.6. The molecule has 2 N–H and O–H groups in total. The van der Waals surface area contributed by atoms with Gasteiger partial charge in [-0.2, -0.15) is 0 Å². The molecule has 4 rings (SSSR count). The van der Waals surface area contributed by atoms with Gasteiger partial charge in [0.2, 0.25) is 0 Å². The number of halogens is 2. The molecule has 2 aromatic carbocycles. The number of rotatable bonds is 8. The molecule has 6 nitrogen and oxygen atoms in total. The van der Waals surface area contributed by atoms with Gasteiger partial charge in [-0.1, -0.05) is 24.3 Å². The van der Waals surface area contributed by atoms with Crippen LogP contribution in [0.2, 0.25) is 0 Å². The Bertz CT molecular complexity index is 915. The molecule has 2 fully saturated rings. The maximum atomic E-state index is 13.7. The highest BCUT2D eigenvalue weighted by Gasteiger charge is 2.44. The van der Waals surface area contributed by atoms with Gasteiger partial charge in [0, 0.05) is 38.6 Å². The van der Waals surface area contributed by atoms with Crippen molar-refractivity contribution < 1.29 is 13.9 Å². The molecule has 0 aromatic heterocycles. The third kappa shape index (κ3) is 6.58. The first-order valence-electron chi connectivity index (χ1n) is 11.3. The van der Waals surface area contributed by atoms with Crippen molar-refractivity contribution >= 4 is 29.9 Å². The lowest BCUT2D eigenvalue weighted by atomic mass is 9.96. The molecule has 1 saturated carbocycles. The summed E-state index contributed by atoms with van der Waals surface area (Å²) < 4.78 is 24.6. The van der Waals surface area contributed by atoms with E-state index in [0.717, 1.165) is 69.5 Å². The molecular formula is C25H34FIN4O2. The molecular weight excluding hydrogens is 534 g/mol. The van der Waals surface area contributed by atoms with Gasteiger partial charge in [-0.05, 0) is 48.2 Å². The predicted octanol–water partition coefficient (Wildman–Crippen LogP) is 3.72. The number of morpholine rings is 1. The molecule has 1 unspecified atom stereocenters. The van der Waals surface area contributed by atoms with Gasteiger partial charge < -0.3 is 20.1 Å². The summed E-state index contributed by atoms with van der Waals surface area (Å²) in [7, 11) is 3.47. The summed E-state index contributed by atoms with van der Waals surface area (Å²) in [5.74, 6) is 1.44. The van der Waals surface area contributed by atoms with E-state index in [1.54, 1.807) is 26.3 Å². The van der Waals surface area contributed by atoms with Crippen molar-refractivity contribution in [2.75, 3.05) is 53.6 Å². The van der Waals surface area contributed by atoms with E-state index in [2.05, 4.69) is 32.7 Å². The molecule has 2 aliphatic rings. The van der Waals surface area contributed by atoms with Crippen LogP contribution in [-0.4, -0.2) is 64.4 Å². The van der Waals surface area contributed by atoms with Crippen molar-refractivity contribution in [3.05, 3.63) is 65.5 Å². The topological polar surface area (TPSA) is 58.1 Å². The summed E-state index contributed by atoms with van der Waals surface area (Å²) in [5, 5.41) is 6.98. The fraction of sp³-hybridized carbons (Fsp3) is 0.480. The number of aliphatic imine (C=N–C) groups is 1. The molecule has 0 radical (unpaired) electrons. The average Bonchev–Trinajstić information content (AvgIpc) is 3.63. The van der Waals surface area contributed by atoms with Crippen molar-refractivity contribution in [1.29, 1.82) is 0 Å². The molecule has 0 spiro atoms. The van der Waals surface area contributed by atoms with Crippen molar-refractivity contribution in [3.63, 3.8) is 0 Å². The first kappa shape index (κ1) is 25.7. The molecule has 1 atom stereocenters. The van der Waals surface area contributed by atoms with Gasteiger partial charge in [0.25, 0.3) is 0 Å². The van der Waals surface area contributed by atoms with Crippen LogP contribution in [0.1, 0.15) is 30.0 Å². The highest BCUT2D eigenvalue weighted by atomic mass is 127. The highest BCUT2D eigenvalue weighted by Crippen LogP contribution is 2.47. The Balaban J connectivity index is 0.00000306. The number of nitrogens with one attached hydrogen (secondary N) is 2. The molecule has 0 amide bonds. The molecule has 1 aliphatic carbocycles. The smallest absolute Gasteiger partial charge is 0.191 e. The van der Waals surface area contributed by atoms with E-state index in [0.29, 0.717) is 0 Å². The number of methoxy groups -OCH3 is 1. The Hall–Kier alpha value is -1.91. The molecule has 1 heterocycles. The highest BCUT2D eigenvalue weighted by molar-refractivity contribution is 14.0. The van der Waals surface area contributed by atoms with Gasteiger partial charge in [0.05, 0.1) is 26.4 Å². The van der Waals surface area contributed by atoms with E-state index in [-0.39, 0.29) is 41.3 Å². The van der Waals surface area contributed by atoms with Crippen LogP contribution in [0, 0.1) is 5.82 Å². The van der Waals surface area contributed by atoms with Gasteiger partial charge >= 0.3 is 0 Å². The predicted molar refractivity (Wildman–Crippen MR) is 140 cm³/mol. The third-order valence-corrected chi connectivity index (χ3v) is 6.56. The van der Waals surface area contributed by atoms with Crippen molar-refractivity contribution in [3.8, 4) is 5.75 Å². The Kier molecular flexibility index (Phi) is 9.34. The SMILES string of the molecule is CN=C(NCC(c1ccc(OC)cc1)N1CCOCC1)NCC1(c2cccc(F)c2)CC1.I. The van der Waals surface area contributed by atoms with Crippen LogP contribution < -0.4 is 15.4 Å². The largest absolute Gasteiger partial charge is 0.497 e. The quantitative estimate of drug-likeness (QED) is 0.289. The van der Waals surface area contributed by atoms with Gasteiger partial charge in [-0.25, -0.2) is 4.39 Å². The standard InChI is InChI=1S/C25H33FN4O2.HI/c1-27-24(29-18-25(10-11-25)20-4-3-5-21(26)16-20)28-17-23(30-12-14-32-15-13-30)19-6-8-22(31-2)9-7-19;/h3-9,16,23H,10-15,17-18H2,1-2H3,(H2,27,28,29);1H. The minimum atomic E-state index is -0.177. The maximum absolute atomic E-state index is 13.7. The fourth-order valence-electron chi connectivity index (χ4n) is 4.38. The molecule has 8 heteroatoms. The molecule has 2 aromatic rings. The van der Waals surface area contributed by atoms with Gasteiger partial charge in [-0.3, -0.25) is 9.89 Å². The molecule has 33 heavy (non-hydrogen) atoms. The minimum absolute atomic E-state index is 0. The Morgan fingerprint density at radius 3 is 2.48 bits per heavy atom. The van der Waals surface area contributed by atoms with Crippen LogP contribution in [0.5, 0.6) is 5.75 Å². The first-order valence-corrected chi connectivity index (χ1v) is 11.3. The number of guanidine groups is 1. The fourth-order valence-corrected chi connectivity index (χ4v) is 4.38. The van der Waals surface area contributed by atoms with E-state index in [1.807, 2.05) is 18.2 Å². The number of benzene rings is 2. The summed E-state index contributed by atoms with van der Waals surface area (Å²) in [6, 6.07) is 15.4. The summed E-state index contributed by atoms with van der Waals surface area (Å²) >= 11 is 0. The van der Waals surface area contributed by atoms with Crippen LogP contribution in [-0.2, 0) is 10.2 Å². The van der Waals surface area contributed by atoms with Gasteiger partial charge in [0.1, 0.15) is 11.6 Å². The maximum Gasteiger partial charge on any atom is 0.191 e. The summed E-state index contributed by atoms with van der Waals surface area (Å²) in [6.45, 7) is 4.74. The summed E-state index contributed by atoms with van der Waals surface area (Å²) in [5.41, 5.74) is 2.29. The normalized spacial score (nSPS) is 18.7. The zero-order valence-corrected chi connectivity index (χ0v) is 21.7. The average molecular weight is 568 g/mol. The van der Waals surface area contributed by atoms with Gasteiger partial charge in [-0.15, -0.1) is 24.0 Å². The third-order valence-electron chi connectivity index (χ3n) is 6.56. The molecule has 180 valence electrons. The second kappa shape index (κ2) is 12.0. The number of hydrogen-bond donors (Lipinski definition) is 2. The van der Waals surface area contributed by atoms with Crippen LogP contribution in [0.4, 0.5) is 4.39 Å². The Labute approximate surface area is 213 Å². The zero-order chi connectivity index (χ0) is 22.4. The van der Waals surface area contributed by atoms with Crippen LogP contribution in [0.3, 0.4) is 0 Å². The van der Waals surface area contributed by atoms with E-state index in [9.17, 15) is 4.39 Å². The Morgan fingerprint density at radius 1 is 1.15 bits per heavy atom. The van der Waals surface area contributed by atoms with Crippen molar-refractivity contribution in [1.82, 2.24) is 15.5 Å². The van der Waals surface area contributed by atoms with Crippen LogP contribution in [0.25, 0.3) is 0 Å². The van der Waals surface area contributed by atoms with E-state index < -0.39 is 0 Å². The number of hydrogen-bond acceptors (Lipinski definition) is 4. The second-order valence-electron chi connectivity index (χ2n) is 8.53. The Morgan fingerprint density at radius 2 is 1.88 bits per heavy atom. The second-order valence-corrected chi connectivity index (χ2v) is 8.53. The van der Waals surface area contributed by atoms with Crippen molar-refractivity contribution in [2.24, 2.45) is 4.99 Å². The molecule has 1 saturated heterocycles. The lowest BCUT2D eigenvalue weighted by Crippen LogP contribution is -2.47. The van der Waals surface area contributed by atoms with Crippen molar-refractivity contribution in [2.45, 2.75) is 24.3 Å². The zero-order valence-electron chi connectivity index (χ0n) is 19.4. The van der Waals surface area contributed by atoms with Crippen LogP contribution >= 0.6 is 24.0 Å². The molecule has 0 bridgehead atoms. The van der Waals surface area contributed by atoms with E-state index in [4.69, 9.17) is 9.47 Å². The van der Waals surface area contributed by atoms with E-state index in [1.165, 1.54) is 11.6 Å². The summed E-state index contributed by atoms with van der Waals surface area (Å²) in [6.07, 6.45) is 2.12. The van der Waals surface area contributed by atoms with Crippen LogP contribution in [0.15, 0.2) is 53.5 Å². The lowest BCUT2D eigenvalue weighted by Gasteiger charge is -2.35. The molecule has 1 aliphatic heterocycles. The minimum Gasteiger partial charge on any atom is -0.497 e. The monoisotopic (exact) mass is 568 g/mol. The number of ether oxygens (including phenoxy) is 2. The summed E-state index contributed by atoms with van der Waals surface area (Å²) in [4.78, 5) is 6.87. The lowest BCUT2D eigenvalue weighted by molar-refractivity contribution is 0.0170. The van der Waals surface area contributed by atoms with E-state index >= 15 is 0 Å². The van der Waals surface area contributed by atoms with Gasteiger partial charge in [0.15, 0.2) is 5.96 Å². The number of nitrogens with zero attached hydrogens (tertiary/aromatic N) is 2.